The van der Waals surface area contributed by atoms with Gasteiger partial charge in [0.1, 0.15) is 0 Å². The number of carbonyl (C=O) groups excluding carboxylic acids is 2. The van der Waals surface area contributed by atoms with Crippen molar-refractivity contribution in [3.63, 3.8) is 0 Å². The number of methoxy groups -OCH3 is 3. The van der Waals surface area contributed by atoms with Crippen LogP contribution in [-0.4, -0.2) is 39.8 Å². The van der Waals surface area contributed by atoms with E-state index in [0.29, 0.717) is 22.8 Å². The Morgan fingerprint density at radius 3 is 2.11 bits per heavy atom. The number of hydrogen-bond donors (Lipinski definition) is 1. The molecule has 0 spiro atoms. The molecule has 2 rings (SSSR count). The van der Waals surface area contributed by atoms with Crippen molar-refractivity contribution in [1.29, 1.82) is 0 Å². The summed E-state index contributed by atoms with van der Waals surface area (Å²) in [6, 6.07) is 12.7. The standard InChI is InChI=1S/C21H25NO6/c1-14(16-8-6-5-7-9-16)22-19(23)13-28-20(24)12-15-10-17(25-2)21(27-4)18(11-15)26-3/h5-11,14H,12-13H2,1-4H3,(H,22,23)/t14-/m0/s1. The summed E-state index contributed by atoms with van der Waals surface area (Å²) < 4.78 is 20.9. The van der Waals surface area contributed by atoms with Crippen LogP contribution in [0.2, 0.25) is 0 Å². The van der Waals surface area contributed by atoms with Crippen LogP contribution < -0.4 is 19.5 Å². The molecule has 2 aromatic rings. The molecule has 0 aliphatic heterocycles. The van der Waals surface area contributed by atoms with E-state index in [1.165, 1.54) is 21.3 Å². The van der Waals surface area contributed by atoms with Gasteiger partial charge in [0.15, 0.2) is 18.1 Å². The van der Waals surface area contributed by atoms with Gasteiger partial charge in [-0.25, -0.2) is 0 Å². The summed E-state index contributed by atoms with van der Waals surface area (Å²) in [6.45, 7) is 1.52. The quantitative estimate of drug-likeness (QED) is 0.666. The average Bonchev–Trinajstić information content (AvgIpc) is 2.72. The zero-order chi connectivity index (χ0) is 20.5. The molecule has 1 atom stereocenters. The highest BCUT2D eigenvalue weighted by atomic mass is 16.5. The van der Waals surface area contributed by atoms with Gasteiger partial charge in [-0.3, -0.25) is 9.59 Å². The third-order valence-electron chi connectivity index (χ3n) is 4.11. The molecule has 1 amide bonds. The summed E-state index contributed by atoms with van der Waals surface area (Å²) in [6.07, 6.45) is -0.0295. The number of benzene rings is 2. The van der Waals surface area contributed by atoms with Crippen LogP contribution in [0.1, 0.15) is 24.1 Å². The molecule has 0 fully saturated rings. The Kier molecular flexibility index (Phi) is 7.68. The molecule has 0 saturated heterocycles. The van der Waals surface area contributed by atoms with E-state index in [1.807, 2.05) is 37.3 Å². The lowest BCUT2D eigenvalue weighted by molar-refractivity contribution is -0.148. The van der Waals surface area contributed by atoms with E-state index in [4.69, 9.17) is 18.9 Å². The number of amides is 1. The zero-order valence-corrected chi connectivity index (χ0v) is 16.5. The van der Waals surface area contributed by atoms with Crippen LogP contribution in [0.3, 0.4) is 0 Å². The summed E-state index contributed by atoms with van der Waals surface area (Å²) in [7, 11) is 4.50. The SMILES string of the molecule is COc1cc(CC(=O)OCC(=O)N[C@@H](C)c2ccccc2)cc(OC)c1OC. The fourth-order valence-corrected chi connectivity index (χ4v) is 2.71. The Balaban J connectivity index is 1.91. The van der Waals surface area contributed by atoms with Crippen LogP contribution in [0, 0.1) is 0 Å². The van der Waals surface area contributed by atoms with Crippen LogP contribution in [0.15, 0.2) is 42.5 Å². The lowest BCUT2D eigenvalue weighted by atomic mass is 10.1. The molecule has 0 aromatic heterocycles. The first-order chi connectivity index (χ1) is 13.5. The smallest absolute Gasteiger partial charge is 0.310 e. The number of hydrogen-bond acceptors (Lipinski definition) is 6. The van der Waals surface area contributed by atoms with E-state index in [-0.39, 0.29) is 25.0 Å². The predicted molar refractivity (Wildman–Crippen MR) is 104 cm³/mol. The number of nitrogens with one attached hydrogen (secondary N) is 1. The molecule has 0 aliphatic carbocycles. The minimum atomic E-state index is -0.531. The topological polar surface area (TPSA) is 83.1 Å². The van der Waals surface area contributed by atoms with Crippen molar-refractivity contribution in [3.05, 3.63) is 53.6 Å². The van der Waals surface area contributed by atoms with E-state index in [2.05, 4.69) is 5.32 Å². The highest BCUT2D eigenvalue weighted by Gasteiger charge is 2.16. The summed E-state index contributed by atoms with van der Waals surface area (Å²) >= 11 is 0. The minimum Gasteiger partial charge on any atom is -0.493 e. The second-order valence-corrected chi connectivity index (χ2v) is 6.07. The Bertz CT molecular complexity index is 781. The molecule has 0 bridgehead atoms. The Morgan fingerprint density at radius 2 is 1.57 bits per heavy atom. The van der Waals surface area contributed by atoms with Crippen molar-refractivity contribution in [2.75, 3.05) is 27.9 Å². The minimum absolute atomic E-state index is 0.0295. The van der Waals surface area contributed by atoms with Gasteiger partial charge in [-0.05, 0) is 30.2 Å². The van der Waals surface area contributed by atoms with E-state index in [9.17, 15) is 9.59 Å². The fraction of sp³-hybridized carbons (Fsp3) is 0.333. The second-order valence-electron chi connectivity index (χ2n) is 6.07. The summed E-state index contributed by atoms with van der Waals surface area (Å²) in [5.41, 5.74) is 1.59. The molecule has 150 valence electrons. The van der Waals surface area contributed by atoms with Crippen LogP contribution in [0.5, 0.6) is 17.2 Å². The molecule has 0 saturated carbocycles. The van der Waals surface area contributed by atoms with E-state index in [1.54, 1.807) is 12.1 Å². The van der Waals surface area contributed by atoms with E-state index < -0.39 is 5.97 Å². The number of ether oxygens (including phenoxy) is 4. The van der Waals surface area contributed by atoms with Gasteiger partial charge in [0.25, 0.3) is 5.91 Å². The zero-order valence-electron chi connectivity index (χ0n) is 16.5. The Hall–Kier alpha value is -3.22. The third-order valence-corrected chi connectivity index (χ3v) is 4.11. The maximum atomic E-state index is 12.1. The molecular weight excluding hydrogens is 362 g/mol. The number of carbonyl (C=O) groups is 2. The molecule has 0 unspecified atom stereocenters. The van der Waals surface area contributed by atoms with Crippen LogP contribution in [-0.2, 0) is 20.7 Å². The summed E-state index contributed by atoms with van der Waals surface area (Å²) in [5, 5.41) is 2.79. The Morgan fingerprint density at radius 1 is 0.964 bits per heavy atom. The molecule has 28 heavy (non-hydrogen) atoms. The Labute approximate surface area is 164 Å². The lowest BCUT2D eigenvalue weighted by Gasteiger charge is -2.15. The first-order valence-electron chi connectivity index (χ1n) is 8.77. The molecular formula is C21H25NO6. The highest BCUT2D eigenvalue weighted by Crippen LogP contribution is 2.38. The van der Waals surface area contributed by atoms with Crippen molar-refractivity contribution in [2.24, 2.45) is 0 Å². The predicted octanol–water partition coefficient (Wildman–Crippen LogP) is 2.68. The monoisotopic (exact) mass is 387 g/mol. The maximum Gasteiger partial charge on any atom is 0.310 e. The molecule has 7 nitrogen and oxygen atoms in total. The maximum absolute atomic E-state index is 12.1. The molecule has 0 heterocycles. The van der Waals surface area contributed by atoms with Crippen molar-refractivity contribution in [2.45, 2.75) is 19.4 Å². The van der Waals surface area contributed by atoms with Crippen molar-refractivity contribution < 1.29 is 28.5 Å². The van der Waals surface area contributed by atoms with Gasteiger partial charge in [0.05, 0.1) is 33.8 Å². The fourth-order valence-electron chi connectivity index (χ4n) is 2.71. The first kappa shape index (κ1) is 21.1. The van der Waals surface area contributed by atoms with Crippen LogP contribution in [0.4, 0.5) is 0 Å². The van der Waals surface area contributed by atoms with E-state index >= 15 is 0 Å². The molecule has 2 aromatic carbocycles. The first-order valence-corrected chi connectivity index (χ1v) is 8.77. The van der Waals surface area contributed by atoms with Gasteiger partial charge in [-0.1, -0.05) is 30.3 Å². The van der Waals surface area contributed by atoms with Crippen molar-refractivity contribution in [3.8, 4) is 17.2 Å². The van der Waals surface area contributed by atoms with Gasteiger partial charge < -0.3 is 24.3 Å². The average molecular weight is 387 g/mol. The normalized spacial score (nSPS) is 11.3. The number of rotatable bonds is 9. The van der Waals surface area contributed by atoms with Crippen LogP contribution in [0.25, 0.3) is 0 Å². The van der Waals surface area contributed by atoms with Gasteiger partial charge in [-0.15, -0.1) is 0 Å². The van der Waals surface area contributed by atoms with Gasteiger partial charge in [-0.2, -0.15) is 0 Å². The molecule has 0 radical (unpaired) electrons. The summed E-state index contributed by atoms with van der Waals surface area (Å²) in [5.74, 6) is 0.431. The van der Waals surface area contributed by atoms with Gasteiger partial charge >= 0.3 is 5.97 Å². The third kappa shape index (κ3) is 5.64. The van der Waals surface area contributed by atoms with Crippen molar-refractivity contribution >= 4 is 11.9 Å². The van der Waals surface area contributed by atoms with E-state index in [0.717, 1.165) is 5.56 Å². The van der Waals surface area contributed by atoms with Gasteiger partial charge in [0, 0.05) is 0 Å². The van der Waals surface area contributed by atoms with Crippen molar-refractivity contribution in [1.82, 2.24) is 5.32 Å². The number of esters is 1. The molecule has 1 N–H and O–H groups in total. The summed E-state index contributed by atoms with van der Waals surface area (Å²) in [4.78, 5) is 24.1. The second kappa shape index (κ2) is 10.2. The van der Waals surface area contributed by atoms with Crippen LogP contribution >= 0.6 is 0 Å². The van der Waals surface area contributed by atoms with Gasteiger partial charge in [0.2, 0.25) is 5.75 Å². The molecule has 7 heteroatoms. The largest absolute Gasteiger partial charge is 0.493 e. The highest BCUT2D eigenvalue weighted by molar-refractivity contribution is 5.81. The molecule has 0 aliphatic rings. The lowest BCUT2D eigenvalue weighted by Crippen LogP contribution is -2.31.